The fourth-order valence-electron chi connectivity index (χ4n) is 5.49. The second kappa shape index (κ2) is 6.36. The first-order valence-electron chi connectivity index (χ1n) is 9.01. The lowest BCUT2D eigenvalue weighted by atomic mass is 9.49. The van der Waals surface area contributed by atoms with Crippen LogP contribution >= 0.6 is 11.3 Å². The van der Waals surface area contributed by atoms with Gasteiger partial charge in [-0.05, 0) is 56.3 Å². The molecule has 4 aliphatic carbocycles. The zero-order chi connectivity index (χ0) is 17.6. The smallest absolute Gasteiger partial charge is 0.347 e. The van der Waals surface area contributed by atoms with E-state index in [2.05, 4.69) is 4.99 Å². The Balaban J connectivity index is 1.66. The molecular formula is C18H24N2O4S. The van der Waals surface area contributed by atoms with Gasteiger partial charge in [0.2, 0.25) is 0 Å². The molecule has 0 atom stereocenters. The number of carboxylic acids is 1. The van der Waals surface area contributed by atoms with Crippen molar-refractivity contribution in [3.8, 4) is 0 Å². The molecule has 7 heteroatoms. The van der Waals surface area contributed by atoms with E-state index in [0.717, 1.165) is 30.6 Å². The summed E-state index contributed by atoms with van der Waals surface area (Å²) in [6.45, 7) is 0.946. The van der Waals surface area contributed by atoms with E-state index in [1.54, 1.807) is 17.9 Å². The number of hydrogen-bond acceptors (Lipinski definition) is 4. The fraction of sp³-hybridized carbons (Fsp3) is 0.722. The lowest BCUT2D eigenvalue weighted by Crippen LogP contribution is -2.50. The predicted octanol–water partition coefficient (Wildman–Crippen LogP) is 2.54. The van der Waals surface area contributed by atoms with Gasteiger partial charge in [0, 0.05) is 19.9 Å². The highest BCUT2D eigenvalue weighted by atomic mass is 32.1. The van der Waals surface area contributed by atoms with Gasteiger partial charge < -0.3 is 14.4 Å². The Morgan fingerprint density at radius 3 is 2.40 bits per heavy atom. The summed E-state index contributed by atoms with van der Waals surface area (Å²) >= 11 is 1.07. The summed E-state index contributed by atoms with van der Waals surface area (Å²) in [6, 6.07) is 0. The number of thiazole rings is 1. The SMILES string of the molecule is COCCn1cc(C(=O)O)s/c1=N\C(=O)C12CC3CC(CC(C3)C1)C2. The van der Waals surface area contributed by atoms with Gasteiger partial charge in [0.05, 0.1) is 12.0 Å². The Morgan fingerprint density at radius 2 is 1.88 bits per heavy atom. The summed E-state index contributed by atoms with van der Waals surface area (Å²) in [5.41, 5.74) is -0.290. The second-order valence-electron chi connectivity index (χ2n) is 7.98. The number of carbonyl (C=O) groups is 2. The van der Waals surface area contributed by atoms with Gasteiger partial charge in [-0.25, -0.2) is 4.79 Å². The molecule has 0 radical (unpaired) electrons. The molecule has 136 valence electrons. The molecule has 0 aromatic carbocycles. The third kappa shape index (κ3) is 3.08. The zero-order valence-electron chi connectivity index (χ0n) is 14.4. The summed E-state index contributed by atoms with van der Waals surface area (Å²) in [7, 11) is 1.60. The molecule has 0 unspecified atom stereocenters. The topological polar surface area (TPSA) is 80.9 Å². The van der Waals surface area contributed by atoms with Crippen LogP contribution in [-0.4, -0.2) is 35.3 Å². The molecule has 5 rings (SSSR count). The monoisotopic (exact) mass is 364 g/mol. The maximum Gasteiger partial charge on any atom is 0.347 e. The molecule has 0 spiro atoms. The van der Waals surface area contributed by atoms with Crippen molar-refractivity contribution in [2.45, 2.75) is 45.1 Å². The summed E-state index contributed by atoms with van der Waals surface area (Å²) in [6.07, 6.45) is 8.30. The number of hydrogen-bond donors (Lipinski definition) is 1. The predicted molar refractivity (Wildman–Crippen MR) is 92.3 cm³/mol. The van der Waals surface area contributed by atoms with Crippen LogP contribution in [0.25, 0.3) is 0 Å². The normalized spacial score (nSPS) is 33.8. The third-order valence-electron chi connectivity index (χ3n) is 6.16. The molecule has 0 saturated heterocycles. The number of aromatic carboxylic acids is 1. The van der Waals surface area contributed by atoms with Crippen molar-refractivity contribution in [3.63, 3.8) is 0 Å². The van der Waals surface area contributed by atoms with E-state index < -0.39 is 5.97 Å². The summed E-state index contributed by atoms with van der Waals surface area (Å²) in [5, 5.41) is 9.25. The standard InChI is InChI=1S/C18H24N2O4S/c1-24-3-2-20-10-14(15(21)22)25-17(20)19-16(23)18-7-11-4-12(8-18)6-13(5-11)9-18/h10-13H,2-9H2,1H3,(H,21,22)/b19-17-. The van der Waals surface area contributed by atoms with E-state index in [4.69, 9.17) is 4.74 Å². The number of carboxylic acid groups (broad SMARTS) is 1. The minimum Gasteiger partial charge on any atom is -0.477 e. The molecule has 0 aliphatic heterocycles. The van der Waals surface area contributed by atoms with E-state index >= 15 is 0 Å². The van der Waals surface area contributed by atoms with Gasteiger partial charge in [0.15, 0.2) is 4.80 Å². The minimum atomic E-state index is -0.986. The van der Waals surface area contributed by atoms with Gasteiger partial charge >= 0.3 is 5.97 Å². The Bertz CT molecular complexity index is 728. The van der Waals surface area contributed by atoms with Crippen molar-refractivity contribution in [1.29, 1.82) is 0 Å². The fourth-order valence-corrected chi connectivity index (χ4v) is 6.35. The van der Waals surface area contributed by atoms with E-state index in [1.165, 1.54) is 19.3 Å². The van der Waals surface area contributed by atoms with Crippen molar-refractivity contribution in [1.82, 2.24) is 4.57 Å². The first-order valence-corrected chi connectivity index (χ1v) is 9.82. The minimum absolute atomic E-state index is 0.0310. The highest BCUT2D eigenvalue weighted by Crippen LogP contribution is 2.60. The molecule has 1 aromatic rings. The average Bonchev–Trinajstić information content (AvgIpc) is 2.95. The van der Waals surface area contributed by atoms with Gasteiger partial charge in [-0.1, -0.05) is 11.3 Å². The average molecular weight is 364 g/mol. The first-order chi connectivity index (χ1) is 12.0. The van der Waals surface area contributed by atoms with E-state index in [-0.39, 0.29) is 16.2 Å². The summed E-state index contributed by atoms with van der Waals surface area (Å²) in [5.74, 6) is 1.04. The van der Waals surface area contributed by atoms with Crippen LogP contribution < -0.4 is 4.80 Å². The number of ether oxygens (including phenoxy) is 1. The molecule has 6 nitrogen and oxygen atoms in total. The number of aromatic nitrogens is 1. The van der Waals surface area contributed by atoms with Crippen LogP contribution in [0.2, 0.25) is 0 Å². The lowest BCUT2D eigenvalue weighted by molar-refractivity contribution is -0.142. The van der Waals surface area contributed by atoms with E-state index in [1.807, 2.05) is 0 Å². The Labute approximate surface area is 150 Å². The second-order valence-corrected chi connectivity index (χ2v) is 8.99. The molecule has 1 N–H and O–H groups in total. The molecular weight excluding hydrogens is 340 g/mol. The van der Waals surface area contributed by atoms with Gasteiger partial charge in [-0.3, -0.25) is 4.79 Å². The molecule has 1 amide bonds. The Morgan fingerprint density at radius 1 is 1.28 bits per heavy atom. The largest absolute Gasteiger partial charge is 0.477 e. The quantitative estimate of drug-likeness (QED) is 0.870. The third-order valence-corrected chi connectivity index (χ3v) is 7.16. The number of rotatable bonds is 5. The number of nitrogens with zero attached hydrogens (tertiary/aromatic N) is 2. The van der Waals surface area contributed by atoms with Crippen LogP contribution in [0, 0.1) is 23.2 Å². The zero-order valence-corrected chi connectivity index (χ0v) is 15.3. The van der Waals surface area contributed by atoms with Crippen molar-refractivity contribution in [2.75, 3.05) is 13.7 Å². The number of amides is 1. The summed E-state index contributed by atoms with van der Waals surface area (Å²) < 4.78 is 6.82. The Hall–Kier alpha value is -1.47. The molecule has 25 heavy (non-hydrogen) atoms. The lowest BCUT2D eigenvalue weighted by Gasteiger charge is -2.55. The van der Waals surface area contributed by atoms with Crippen LogP contribution in [0.1, 0.15) is 48.2 Å². The van der Waals surface area contributed by atoms with Crippen LogP contribution in [0.4, 0.5) is 0 Å². The van der Waals surface area contributed by atoms with Gasteiger partial charge in [0.1, 0.15) is 4.88 Å². The van der Waals surface area contributed by atoms with Gasteiger partial charge in [-0.15, -0.1) is 0 Å². The van der Waals surface area contributed by atoms with Crippen molar-refractivity contribution in [3.05, 3.63) is 15.9 Å². The van der Waals surface area contributed by atoms with Crippen LogP contribution in [-0.2, 0) is 16.1 Å². The maximum absolute atomic E-state index is 13.1. The van der Waals surface area contributed by atoms with E-state index in [0.29, 0.717) is 35.7 Å². The first kappa shape index (κ1) is 17.0. The molecule has 4 fully saturated rings. The molecule has 4 bridgehead atoms. The Kier molecular flexibility index (Phi) is 4.32. The highest BCUT2D eigenvalue weighted by Gasteiger charge is 2.54. The number of carbonyl (C=O) groups excluding carboxylic acids is 1. The molecule has 1 heterocycles. The summed E-state index contributed by atoms with van der Waals surface area (Å²) in [4.78, 5) is 29.5. The number of methoxy groups -OCH3 is 1. The molecule has 4 saturated carbocycles. The highest BCUT2D eigenvalue weighted by molar-refractivity contribution is 7.11. The van der Waals surface area contributed by atoms with Crippen molar-refractivity contribution >= 4 is 23.2 Å². The van der Waals surface area contributed by atoms with Crippen LogP contribution in [0.15, 0.2) is 11.2 Å². The van der Waals surface area contributed by atoms with Crippen molar-refractivity contribution in [2.24, 2.45) is 28.2 Å². The van der Waals surface area contributed by atoms with Crippen LogP contribution in [0.5, 0.6) is 0 Å². The molecule has 4 aliphatic rings. The van der Waals surface area contributed by atoms with E-state index in [9.17, 15) is 14.7 Å². The maximum atomic E-state index is 13.1. The van der Waals surface area contributed by atoms with Crippen molar-refractivity contribution < 1.29 is 19.4 Å². The van der Waals surface area contributed by atoms with Gasteiger partial charge in [-0.2, -0.15) is 4.99 Å². The van der Waals surface area contributed by atoms with Crippen LogP contribution in [0.3, 0.4) is 0 Å². The van der Waals surface area contributed by atoms with Gasteiger partial charge in [0.25, 0.3) is 5.91 Å². The molecule has 1 aromatic heterocycles.